The fourth-order valence-electron chi connectivity index (χ4n) is 1.98. The molecule has 0 bridgehead atoms. The molecule has 0 heterocycles. The molecule has 7 heteroatoms. The highest BCUT2D eigenvalue weighted by atomic mass is 16.4. The number of carbonyl (C=O) groups excluding carboxylic acids is 2. The van der Waals surface area contributed by atoms with E-state index in [-0.39, 0.29) is 18.8 Å². The molecular formula is C14H27N3O4. The largest absolute Gasteiger partial charge is 0.481 e. The van der Waals surface area contributed by atoms with Crippen LogP contribution in [0.4, 0.5) is 4.79 Å². The predicted molar refractivity (Wildman–Crippen MR) is 80.0 cm³/mol. The van der Waals surface area contributed by atoms with Crippen LogP contribution in [-0.4, -0.2) is 54.1 Å². The zero-order chi connectivity index (χ0) is 16.3. The molecule has 0 saturated carbocycles. The van der Waals surface area contributed by atoms with E-state index in [9.17, 15) is 14.4 Å². The highest BCUT2D eigenvalue weighted by molar-refractivity contribution is 5.94. The van der Waals surface area contributed by atoms with Gasteiger partial charge < -0.3 is 15.3 Å². The fraction of sp³-hybridized carbons (Fsp3) is 0.786. The third-order valence-corrected chi connectivity index (χ3v) is 3.01. The number of hydrogen-bond donors (Lipinski definition) is 3. The Morgan fingerprint density at radius 2 is 1.81 bits per heavy atom. The van der Waals surface area contributed by atoms with Gasteiger partial charge in [-0.25, -0.2) is 4.79 Å². The van der Waals surface area contributed by atoms with Crippen molar-refractivity contribution in [3.05, 3.63) is 0 Å². The van der Waals surface area contributed by atoms with Crippen molar-refractivity contribution in [3.63, 3.8) is 0 Å². The molecule has 3 N–H and O–H groups in total. The molecule has 0 aromatic rings. The molecule has 1 atom stereocenters. The smallest absolute Gasteiger partial charge is 0.321 e. The number of hydrogen-bond acceptors (Lipinski definition) is 4. The van der Waals surface area contributed by atoms with Crippen molar-refractivity contribution < 1.29 is 19.5 Å². The van der Waals surface area contributed by atoms with Crippen molar-refractivity contribution in [3.8, 4) is 0 Å². The van der Waals surface area contributed by atoms with Crippen LogP contribution in [0, 0.1) is 5.92 Å². The van der Waals surface area contributed by atoms with Crippen molar-refractivity contribution in [1.82, 2.24) is 15.5 Å². The molecule has 0 aliphatic carbocycles. The molecule has 0 saturated heterocycles. The molecular weight excluding hydrogens is 274 g/mol. The van der Waals surface area contributed by atoms with Gasteiger partial charge in [0.2, 0.25) is 5.91 Å². The van der Waals surface area contributed by atoms with Crippen LogP contribution < -0.4 is 10.6 Å². The van der Waals surface area contributed by atoms with Gasteiger partial charge in [-0.05, 0) is 25.4 Å². The van der Waals surface area contributed by atoms with Gasteiger partial charge in [-0.3, -0.25) is 14.9 Å². The number of rotatable bonds is 10. The lowest BCUT2D eigenvalue weighted by Crippen LogP contribution is -2.43. The van der Waals surface area contributed by atoms with E-state index in [1.807, 2.05) is 0 Å². The van der Waals surface area contributed by atoms with Crippen molar-refractivity contribution in [2.75, 3.05) is 26.2 Å². The van der Waals surface area contributed by atoms with Gasteiger partial charge in [-0.15, -0.1) is 0 Å². The molecule has 122 valence electrons. The second-order valence-corrected chi connectivity index (χ2v) is 5.15. The van der Waals surface area contributed by atoms with Crippen molar-refractivity contribution >= 4 is 17.9 Å². The van der Waals surface area contributed by atoms with Gasteiger partial charge in [0.1, 0.15) is 0 Å². The predicted octanol–water partition coefficient (Wildman–Crippen LogP) is 1.05. The monoisotopic (exact) mass is 301 g/mol. The van der Waals surface area contributed by atoms with E-state index in [0.29, 0.717) is 6.54 Å². The van der Waals surface area contributed by atoms with Gasteiger partial charge in [0.05, 0.1) is 0 Å². The van der Waals surface area contributed by atoms with E-state index < -0.39 is 17.9 Å². The first-order chi connectivity index (χ1) is 9.88. The molecule has 0 aromatic carbocycles. The quantitative estimate of drug-likeness (QED) is 0.560. The summed E-state index contributed by atoms with van der Waals surface area (Å²) in [4.78, 5) is 35.7. The van der Waals surface area contributed by atoms with E-state index in [4.69, 9.17) is 5.11 Å². The number of urea groups is 1. The summed E-state index contributed by atoms with van der Waals surface area (Å²) >= 11 is 0. The zero-order valence-electron chi connectivity index (χ0n) is 13.1. The minimum absolute atomic E-state index is 0.0244. The first-order valence-electron chi connectivity index (χ1n) is 7.40. The second-order valence-electron chi connectivity index (χ2n) is 5.15. The Kier molecular flexibility index (Phi) is 10.2. The zero-order valence-corrected chi connectivity index (χ0v) is 13.1. The van der Waals surface area contributed by atoms with Crippen LogP contribution in [0.1, 0.15) is 40.0 Å². The standard InChI is InChI=1S/C14H27N3O4/c1-4-7-17(5-2)8-6-15-14(21)16-12(18)9-11(3)10-13(19)20/h11H,4-10H2,1-3H3,(H,19,20)(H2,15,16,18,21). The van der Waals surface area contributed by atoms with E-state index in [1.165, 1.54) is 0 Å². The topological polar surface area (TPSA) is 98.7 Å². The molecule has 1 unspecified atom stereocenters. The molecule has 0 radical (unpaired) electrons. The van der Waals surface area contributed by atoms with E-state index in [0.717, 1.165) is 26.1 Å². The maximum Gasteiger partial charge on any atom is 0.321 e. The maximum absolute atomic E-state index is 11.5. The summed E-state index contributed by atoms with van der Waals surface area (Å²) < 4.78 is 0. The summed E-state index contributed by atoms with van der Waals surface area (Å²) in [6.45, 7) is 8.92. The summed E-state index contributed by atoms with van der Waals surface area (Å²) in [5.74, 6) is -1.70. The minimum Gasteiger partial charge on any atom is -0.481 e. The third kappa shape index (κ3) is 10.8. The molecule has 0 aliphatic rings. The number of imide groups is 1. The molecule has 7 nitrogen and oxygen atoms in total. The molecule has 0 rings (SSSR count). The number of carboxylic acid groups (broad SMARTS) is 1. The van der Waals surface area contributed by atoms with Crippen LogP contribution in [-0.2, 0) is 9.59 Å². The Morgan fingerprint density at radius 1 is 1.14 bits per heavy atom. The molecule has 0 fully saturated rings. The Hall–Kier alpha value is -1.63. The fourth-order valence-corrected chi connectivity index (χ4v) is 1.98. The Balaban J connectivity index is 3.87. The lowest BCUT2D eigenvalue weighted by molar-refractivity contribution is -0.138. The van der Waals surface area contributed by atoms with Gasteiger partial charge >= 0.3 is 12.0 Å². The van der Waals surface area contributed by atoms with Crippen molar-refractivity contribution in [1.29, 1.82) is 0 Å². The van der Waals surface area contributed by atoms with Crippen LogP contribution >= 0.6 is 0 Å². The van der Waals surface area contributed by atoms with Crippen LogP contribution in [0.2, 0.25) is 0 Å². The lowest BCUT2D eigenvalue weighted by atomic mass is 10.0. The number of aliphatic carboxylic acids is 1. The van der Waals surface area contributed by atoms with Gasteiger partial charge in [-0.2, -0.15) is 0 Å². The number of nitrogens with zero attached hydrogens (tertiary/aromatic N) is 1. The number of amides is 3. The second kappa shape index (κ2) is 11.1. The average Bonchev–Trinajstić information content (AvgIpc) is 2.36. The molecule has 0 aromatic heterocycles. The summed E-state index contributed by atoms with van der Waals surface area (Å²) in [6.07, 6.45) is 0.994. The molecule has 0 spiro atoms. The summed E-state index contributed by atoms with van der Waals surface area (Å²) in [7, 11) is 0. The minimum atomic E-state index is -0.949. The first kappa shape index (κ1) is 19.4. The van der Waals surface area contributed by atoms with Crippen LogP contribution in [0.15, 0.2) is 0 Å². The Labute approximate surface area is 126 Å². The van der Waals surface area contributed by atoms with Crippen molar-refractivity contribution in [2.24, 2.45) is 5.92 Å². The van der Waals surface area contributed by atoms with Gasteiger partial charge in [-0.1, -0.05) is 20.8 Å². The average molecular weight is 301 g/mol. The highest BCUT2D eigenvalue weighted by Gasteiger charge is 2.14. The maximum atomic E-state index is 11.5. The third-order valence-electron chi connectivity index (χ3n) is 3.01. The number of carboxylic acids is 1. The SMILES string of the molecule is CCCN(CC)CCNC(=O)NC(=O)CC(C)CC(=O)O. The Morgan fingerprint density at radius 3 is 2.33 bits per heavy atom. The van der Waals surface area contributed by atoms with E-state index in [2.05, 4.69) is 29.4 Å². The number of carbonyl (C=O) groups is 3. The number of likely N-dealkylation sites (N-methyl/N-ethyl adjacent to an activating group) is 1. The molecule has 21 heavy (non-hydrogen) atoms. The van der Waals surface area contributed by atoms with Gasteiger partial charge in [0, 0.05) is 25.9 Å². The molecule has 0 aliphatic heterocycles. The summed E-state index contributed by atoms with van der Waals surface area (Å²) in [6, 6.07) is -0.532. The van der Waals surface area contributed by atoms with Crippen LogP contribution in [0.5, 0.6) is 0 Å². The first-order valence-corrected chi connectivity index (χ1v) is 7.40. The summed E-state index contributed by atoms with van der Waals surface area (Å²) in [5, 5.41) is 13.4. The van der Waals surface area contributed by atoms with Gasteiger partial charge in [0.15, 0.2) is 0 Å². The van der Waals surface area contributed by atoms with Gasteiger partial charge in [0.25, 0.3) is 0 Å². The van der Waals surface area contributed by atoms with Crippen LogP contribution in [0.3, 0.4) is 0 Å². The van der Waals surface area contributed by atoms with E-state index in [1.54, 1.807) is 6.92 Å². The normalized spacial score (nSPS) is 12.0. The summed E-state index contributed by atoms with van der Waals surface area (Å²) in [5.41, 5.74) is 0. The lowest BCUT2D eigenvalue weighted by Gasteiger charge is -2.19. The Bertz CT molecular complexity index is 347. The van der Waals surface area contributed by atoms with E-state index >= 15 is 0 Å². The van der Waals surface area contributed by atoms with Crippen LogP contribution in [0.25, 0.3) is 0 Å². The molecule has 3 amide bonds. The number of nitrogens with one attached hydrogen (secondary N) is 2. The van der Waals surface area contributed by atoms with Crippen molar-refractivity contribution in [2.45, 2.75) is 40.0 Å². The highest BCUT2D eigenvalue weighted by Crippen LogP contribution is 2.06.